The summed E-state index contributed by atoms with van der Waals surface area (Å²) in [5.74, 6) is -1.20. The lowest BCUT2D eigenvalue weighted by Gasteiger charge is -2.26. The molecule has 1 aliphatic rings. The lowest BCUT2D eigenvalue weighted by atomic mass is 9.94. The Kier molecular flexibility index (Phi) is 7.59. The number of amides is 1. The van der Waals surface area contributed by atoms with Crippen LogP contribution in [-0.4, -0.2) is 42.2 Å². The Balaban J connectivity index is 1.96. The summed E-state index contributed by atoms with van der Waals surface area (Å²) in [6, 6.07) is 14.8. The molecular formula is C28H26ClNO7. The number of aliphatic hydroxyl groups excluding tert-OH is 1. The molecule has 0 spiro atoms. The zero-order chi connectivity index (χ0) is 26.7. The van der Waals surface area contributed by atoms with E-state index in [0.717, 1.165) is 0 Å². The van der Waals surface area contributed by atoms with E-state index in [0.29, 0.717) is 28.6 Å². The highest BCUT2D eigenvalue weighted by atomic mass is 35.5. The molecule has 9 heteroatoms. The summed E-state index contributed by atoms with van der Waals surface area (Å²) >= 11 is 6.17. The number of methoxy groups -OCH3 is 1. The Morgan fingerprint density at radius 1 is 0.946 bits per heavy atom. The van der Waals surface area contributed by atoms with Crippen LogP contribution in [0.2, 0.25) is 5.02 Å². The Morgan fingerprint density at radius 3 is 2.30 bits per heavy atom. The van der Waals surface area contributed by atoms with Gasteiger partial charge in [-0.15, -0.1) is 0 Å². The van der Waals surface area contributed by atoms with E-state index in [1.807, 2.05) is 6.92 Å². The molecule has 1 heterocycles. The van der Waals surface area contributed by atoms with Crippen molar-refractivity contribution in [2.24, 2.45) is 0 Å². The van der Waals surface area contributed by atoms with Crippen molar-refractivity contribution < 1.29 is 34.0 Å². The van der Waals surface area contributed by atoms with Crippen LogP contribution in [-0.2, 0) is 9.59 Å². The Hall–Kier alpha value is -4.17. The summed E-state index contributed by atoms with van der Waals surface area (Å²) in [5, 5.41) is 22.0. The van der Waals surface area contributed by atoms with Gasteiger partial charge in [0, 0.05) is 10.7 Å². The maximum Gasteiger partial charge on any atom is 0.300 e. The molecule has 1 aliphatic heterocycles. The lowest BCUT2D eigenvalue weighted by molar-refractivity contribution is -0.132. The molecule has 37 heavy (non-hydrogen) atoms. The first-order chi connectivity index (χ1) is 17.8. The van der Waals surface area contributed by atoms with Gasteiger partial charge in [-0.2, -0.15) is 0 Å². The number of phenolic OH excluding ortho intramolecular Hbond substituents is 1. The van der Waals surface area contributed by atoms with Crippen molar-refractivity contribution in [1.29, 1.82) is 0 Å². The van der Waals surface area contributed by atoms with Gasteiger partial charge in [0.05, 0.1) is 37.5 Å². The number of hydrogen-bond donors (Lipinski definition) is 2. The fourth-order valence-corrected chi connectivity index (χ4v) is 4.44. The molecule has 4 rings (SSSR count). The van der Waals surface area contributed by atoms with E-state index in [1.54, 1.807) is 55.5 Å². The number of halogens is 1. The Morgan fingerprint density at radius 2 is 1.65 bits per heavy atom. The highest BCUT2D eigenvalue weighted by Gasteiger charge is 2.47. The molecule has 1 unspecified atom stereocenters. The molecule has 1 fully saturated rings. The van der Waals surface area contributed by atoms with Crippen molar-refractivity contribution in [2.45, 2.75) is 19.9 Å². The first-order valence-corrected chi connectivity index (χ1v) is 12.0. The molecule has 0 aromatic heterocycles. The number of rotatable bonds is 8. The number of aromatic hydroxyl groups is 1. The number of anilines is 1. The third kappa shape index (κ3) is 4.93. The summed E-state index contributed by atoms with van der Waals surface area (Å²) in [5.41, 5.74) is 0.858. The van der Waals surface area contributed by atoms with Crippen molar-refractivity contribution >= 4 is 34.7 Å². The number of carbonyl (C=O) groups excluding carboxylic acids is 2. The van der Waals surface area contributed by atoms with E-state index >= 15 is 0 Å². The van der Waals surface area contributed by atoms with Gasteiger partial charge in [0.15, 0.2) is 11.5 Å². The van der Waals surface area contributed by atoms with Gasteiger partial charge >= 0.3 is 0 Å². The maximum atomic E-state index is 13.4. The number of ketones is 1. The molecule has 3 aromatic rings. The molecule has 1 atom stereocenters. The van der Waals surface area contributed by atoms with E-state index in [1.165, 1.54) is 24.1 Å². The molecule has 1 saturated heterocycles. The fourth-order valence-electron chi connectivity index (χ4n) is 4.27. The first-order valence-electron chi connectivity index (χ1n) is 11.6. The zero-order valence-corrected chi connectivity index (χ0v) is 21.3. The summed E-state index contributed by atoms with van der Waals surface area (Å²) < 4.78 is 16.4. The largest absolute Gasteiger partial charge is 0.507 e. The second kappa shape index (κ2) is 10.8. The van der Waals surface area contributed by atoms with Crippen LogP contribution in [0.4, 0.5) is 5.69 Å². The second-order valence-electron chi connectivity index (χ2n) is 8.10. The van der Waals surface area contributed by atoms with Crippen molar-refractivity contribution in [2.75, 3.05) is 25.2 Å². The highest BCUT2D eigenvalue weighted by molar-refractivity contribution is 6.51. The van der Waals surface area contributed by atoms with Crippen molar-refractivity contribution in [3.8, 4) is 23.0 Å². The van der Waals surface area contributed by atoms with E-state index in [4.69, 9.17) is 25.8 Å². The van der Waals surface area contributed by atoms with Gasteiger partial charge in [-0.25, -0.2) is 0 Å². The van der Waals surface area contributed by atoms with E-state index in [2.05, 4.69) is 0 Å². The number of ether oxygens (including phenoxy) is 3. The summed E-state index contributed by atoms with van der Waals surface area (Å²) in [7, 11) is 1.42. The minimum Gasteiger partial charge on any atom is -0.507 e. The predicted octanol–water partition coefficient (Wildman–Crippen LogP) is 5.48. The number of benzene rings is 3. The highest BCUT2D eigenvalue weighted by Crippen LogP contribution is 2.45. The van der Waals surface area contributed by atoms with Gasteiger partial charge in [0.25, 0.3) is 11.7 Å². The van der Waals surface area contributed by atoms with E-state index in [-0.39, 0.29) is 35.0 Å². The van der Waals surface area contributed by atoms with Crippen LogP contribution in [0.3, 0.4) is 0 Å². The lowest BCUT2D eigenvalue weighted by Crippen LogP contribution is -2.29. The summed E-state index contributed by atoms with van der Waals surface area (Å²) in [4.78, 5) is 28.1. The average Bonchev–Trinajstić information content (AvgIpc) is 3.16. The van der Waals surface area contributed by atoms with Crippen molar-refractivity contribution in [3.63, 3.8) is 0 Å². The second-order valence-corrected chi connectivity index (χ2v) is 8.54. The molecule has 3 aromatic carbocycles. The Labute approximate surface area is 219 Å². The van der Waals surface area contributed by atoms with Crippen LogP contribution in [0.25, 0.3) is 5.76 Å². The molecule has 0 aliphatic carbocycles. The van der Waals surface area contributed by atoms with Crippen LogP contribution in [0.15, 0.2) is 66.2 Å². The molecule has 2 N–H and O–H groups in total. The van der Waals surface area contributed by atoms with Crippen LogP contribution >= 0.6 is 11.6 Å². The quantitative estimate of drug-likeness (QED) is 0.229. The molecule has 0 radical (unpaired) electrons. The zero-order valence-electron chi connectivity index (χ0n) is 20.5. The van der Waals surface area contributed by atoms with Gasteiger partial charge in [-0.05, 0) is 74.0 Å². The van der Waals surface area contributed by atoms with Crippen LogP contribution in [0.5, 0.6) is 23.0 Å². The van der Waals surface area contributed by atoms with E-state index in [9.17, 15) is 19.8 Å². The van der Waals surface area contributed by atoms with E-state index < -0.39 is 23.5 Å². The molecule has 192 valence electrons. The van der Waals surface area contributed by atoms with Gasteiger partial charge in [-0.1, -0.05) is 17.7 Å². The molecule has 8 nitrogen and oxygen atoms in total. The van der Waals surface area contributed by atoms with Crippen LogP contribution in [0, 0.1) is 0 Å². The number of carbonyl (C=O) groups is 2. The standard InChI is InChI=1S/C28H26ClNO7/c1-4-36-19-10-8-18(9-11-19)30-25(16-6-12-21(31)23(14-16)37-5-2)24(27(33)28(30)34)26(32)20-15-17(29)7-13-22(20)35-3/h6-15,25,31-32H,4-5H2,1-3H3/b26-24+. The number of phenols is 1. The SMILES string of the molecule is CCOc1ccc(N2C(=O)C(=O)/C(=C(/O)c3cc(Cl)ccc3OC)C2c2ccc(O)c(OCC)c2)cc1. The monoisotopic (exact) mass is 523 g/mol. The minimum atomic E-state index is -1.04. The third-order valence-electron chi connectivity index (χ3n) is 5.89. The average molecular weight is 524 g/mol. The van der Waals surface area contributed by atoms with Gasteiger partial charge in [-0.3, -0.25) is 14.5 Å². The topological polar surface area (TPSA) is 106 Å². The number of Topliss-reactive ketones (excluding diaryl/α,β-unsaturated/α-hetero) is 1. The third-order valence-corrected chi connectivity index (χ3v) is 6.12. The normalized spacial score (nSPS) is 16.6. The number of nitrogens with zero attached hydrogens (tertiary/aromatic N) is 1. The van der Waals surface area contributed by atoms with Crippen molar-refractivity contribution in [3.05, 3.63) is 82.4 Å². The molecule has 0 bridgehead atoms. The number of hydrogen-bond acceptors (Lipinski definition) is 7. The molecule has 1 amide bonds. The van der Waals surface area contributed by atoms with Gasteiger partial charge in [0.1, 0.15) is 17.3 Å². The summed E-state index contributed by atoms with van der Waals surface area (Å²) in [6.07, 6.45) is 0. The van der Waals surface area contributed by atoms with Crippen molar-refractivity contribution in [1.82, 2.24) is 0 Å². The fraction of sp³-hybridized carbons (Fsp3) is 0.214. The molecular weight excluding hydrogens is 498 g/mol. The minimum absolute atomic E-state index is 0.0971. The maximum absolute atomic E-state index is 13.4. The van der Waals surface area contributed by atoms with Crippen LogP contribution < -0.4 is 19.1 Å². The summed E-state index contributed by atoms with van der Waals surface area (Å²) in [6.45, 7) is 4.38. The van der Waals surface area contributed by atoms with Gasteiger partial charge in [0.2, 0.25) is 0 Å². The predicted molar refractivity (Wildman–Crippen MR) is 140 cm³/mol. The smallest absolute Gasteiger partial charge is 0.300 e. The van der Waals surface area contributed by atoms with Gasteiger partial charge < -0.3 is 24.4 Å². The first kappa shape index (κ1) is 25.9. The number of aliphatic hydroxyl groups is 1. The van der Waals surface area contributed by atoms with Crippen LogP contribution in [0.1, 0.15) is 31.0 Å². The Bertz CT molecular complexity index is 1370. The molecule has 0 saturated carbocycles.